The van der Waals surface area contributed by atoms with E-state index in [1.807, 2.05) is 32.6 Å². The van der Waals surface area contributed by atoms with Crippen molar-refractivity contribution in [2.75, 3.05) is 47.1 Å². The molecule has 1 fully saturated rings. The molecule has 0 radical (unpaired) electrons. The van der Waals surface area contributed by atoms with E-state index in [0.29, 0.717) is 43.4 Å². The molecule has 9 nitrogen and oxygen atoms in total. The molecular weight excluding hydrogens is 474 g/mol. The number of hydrogen-bond donors (Lipinski definition) is 2. The molecule has 0 aliphatic carbocycles. The molecule has 1 aliphatic rings. The number of halogens is 1. The van der Waals surface area contributed by atoms with Crippen LogP contribution < -0.4 is 20.1 Å². The Morgan fingerprint density at radius 2 is 1.86 bits per heavy atom. The molecule has 200 valence electrons. The van der Waals surface area contributed by atoms with Gasteiger partial charge in [-0.2, -0.15) is 0 Å². The van der Waals surface area contributed by atoms with Crippen molar-refractivity contribution in [3.8, 4) is 11.5 Å². The molecule has 0 unspecified atom stereocenters. The van der Waals surface area contributed by atoms with Crippen LogP contribution in [0.2, 0.25) is 0 Å². The maximum atomic E-state index is 13.6. The van der Waals surface area contributed by atoms with E-state index in [9.17, 15) is 9.59 Å². The maximum Gasteiger partial charge on any atom is 0.407 e. The van der Waals surface area contributed by atoms with Gasteiger partial charge < -0.3 is 34.5 Å². The van der Waals surface area contributed by atoms with E-state index in [0.717, 1.165) is 19.4 Å². The topological polar surface area (TPSA) is 98.4 Å². The number of alkyl carbamates (subject to hydrolysis) is 1. The fraction of sp³-hybridized carbons (Fsp3) is 0.680. The first-order valence-electron chi connectivity index (χ1n) is 12.0. The first-order chi connectivity index (χ1) is 16.3. The molecule has 1 aliphatic heterocycles. The van der Waals surface area contributed by atoms with Gasteiger partial charge in [0.05, 0.1) is 20.3 Å². The van der Waals surface area contributed by atoms with E-state index in [1.165, 1.54) is 0 Å². The fourth-order valence-electron chi connectivity index (χ4n) is 4.09. The van der Waals surface area contributed by atoms with Crippen LogP contribution in [-0.2, 0) is 9.47 Å². The van der Waals surface area contributed by atoms with E-state index < -0.39 is 6.09 Å². The Morgan fingerprint density at radius 1 is 1.11 bits per heavy atom. The Kier molecular flexibility index (Phi) is 13.8. The van der Waals surface area contributed by atoms with Gasteiger partial charge in [0.15, 0.2) is 11.5 Å². The summed E-state index contributed by atoms with van der Waals surface area (Å²) in [6, 6.07) is 5.28. The smallest absolute Gasteiger partial charge is 0.407 e. The van der Waals surface area contributed by atoms with Gasteiger partial charge in [-0.15, -0.1) is 12.4 Å². The number of benzene rings is 1. The molecule has 0 saturated carbocycles. The second kappa shape index (κ2) is 15.7. The van der Waals surface area contributed by atoms with Crippen molar-refractivity contribution in [2.24, 2.45) is 5.92 Å². The normalized spacial score (nSPS) is 17.5. The fourth-order valence-corrected chi connectivity index (χ4v) is 4.09. The minimum atomic E-state index is -0.412. The highest BCUT2D eigenvalue weighted by molar-refractivity contribution is 5.95. The number of amides is 2. The highest BCUT2D eigenvalue weighted by atomic mass is 35.5. The zero-order valence-corrected chi connectivity index (χ0v) is 22.6. The van der Waals surface area contributed by atoms with Crippen LogP contribution in [-0.4, -0.2) is 82.2 Å². The Hall–Kier alpha value is -2.23. The van der Waals surface area contributed by atoms with E-state index in [4.69, 9.17) is 18.9 Å². The summed E-state index contributed by atoms with van der Waals surface area (Å²) in [5.74, 6) is 1.19. The molecule has 1 aromatic rings. The van der Waals surface area contributed by atoms with Crippen molar-refractivity contribution in [1.29, 1.82) is 0 Å². The third kappa shape index (κ3) is 9.74. The van der Waals surface area contributed by atoms with Gasteiger partial charge >= 0.3 is 6.09 Å². The van der Waals surface area contributed by atoms with E-state index in [-0.39, 0.29) is 42.4 Å². The largest absolute Gasteiger partial charge is 0.493 e. The van der Waals surface area contributed by atoms with Crippen LogP contribution in [0.25, 0.3) is 0 Å². The lowest BCUT2D eigenvalue weighted by Crippen LogP contribution is -2.54. The van der Waals surface area contributed by atoms with Gasteiger partial charge in [0.2, 0.25) is 0 Å². The van der Waals surface area contributed by atoms with E-state index in [2.05, 4.69) is 10.6 Å². The summed E-state index contributed by atoms with van der Waals surface area (Å²) in [4.78, 5) is 27.4. The second-order valence-electron chi connectivity index (χ2n) is 9.18. The van der Waals surface area contributed by atoms with Crippen molar-refractivity contribution in [2.45, 2.75) is 58.7 Å². The van der Waals surface area contributed by atoms with Gasteiger partial charge in [-0.05, 0) is 52.3 Å². The molecule has 2 atom stereocenters. The molecule has 0 aromatic heterocycles. The molecule has 0 spiro atoms. The number of rotatable bonds is 12. The van der Waals surface area contributed by atoms with Gasteiger partial charge in [-0.1, -0.05) is 0 Å². The summed E-state index contributed by atoms with van der Waals surface area (Å²) in [6.07, 6.45) is 1.08. The number of ether oxygens (including phenoxy) is 4. The zero-order chi connectivity index (χ0) is 25.1. The molecule has 1 heterocycles. The number of nitrogens with zero attached hydrogens (tertiary/aromatic N) is 1. The minimum absolute atomic E-state index is 0. The number of carbonyl (C=O) groups is 2. The van der Waals surface area contributed by atoms with Gasteiger partial charge in [-0.25, -0.2) is 4.79 Å². The van der Waals surface area contributed by atoms with Crippen molar-refractivity contribution in [3.05, 3.63) is 23.8 Å². The van der Waals surface area contributed by atoms with Crippen LogP contribution in [0.5, 0.6) is 11.5 Å². The minimum Gasteiger partial charge on any atom is -0.493 e. The molecular formula is C25H42ClN3O6. The van der Waals surface area contributed by atoms with Crippen molar-refractivity contribution < 1.29 is 28.5 Å². The van der Waals surface area contributed by atoms with Crippen LogP contribution in [0.1, 0.15) is 50.9 Å². The maximum absolute atomic E-state index is 13.6. The molecule has 2 amide bonds. The van der Waals surface area contributed by atoms with Crippen LogP contribution in [0, 0.1) is 5.92 Å². The third-order valence-corrected chi connectivity index (χ3v) is 5.62. The Bertz CT molecular complexity index is 792. The van der Waals surface area contributed by atoms with Crippen molar-refractivity contribution in [3.63, 3.8) is 0 Å². The quantitative estimate of drug-likeness (QED) is 0.411. The predicted octanol–water partition coefficient (Wildman–Crippen LogP) is 3.50. The summed E-state index contributed by atoms with van der Waals surface area (Å²) in [5, 5.41) is 6.13. The standard InChI is InChI=1S/C25H41N3O6.ClH/c1-17(2)27-25(30)34-16-19-12-21(15-26-14-19)28(18(3)4)24(29)20-8-9-22(32-6)23(13-20)33-11-7-10-31-5;/h8-9,13,17-19,21,26H,7,10-12,14-16H2,1-6H3,(H,27,30);1H/t19-,21-;/m1./s1. The van der Waals surface area contributed by atoms with Crippen LogP contribution in [0.15, 0.2) is 18.2 Å². The van der Waals surface area contributed by atoms with Gasteiger partial charge in [-0.3, -0.25) is 4.79 Å². The van der Waals surface area contributed by atoms with Gasteiger partial charge in [0.1, 0.15) is 0 Å². The second-order valence-corrected chi connectivity index (χ2v) is 9.18. The van der Waals surface area contributed by atoms with E-state index in [1.54, 1.807) is 32.4 Å². The summed E-state index contributed by atoms with van der Waals surface area (Å²) in [7, 11) is 3.23. The predicted molar refractivity (Wildman–Crippen MR) is 138 cm³/mol. The summed E-state index contributed by atoms with van der Waals surface area (Å²) in [6.45, 7) is 10.6. The van der Waals surface area contributed by atoms with Gasteiger partial charge in [0, 0.05) is 62.8 Å². The molecule has 35 heavy (non-hydrogen) atoms. The number of carbonyl (C=O) groups excluding carboxylic acids is 2. The molecule has 2 N–H and O–H groups in total. The van der Waals surface area contributed by atoms with Crippen LogP contribution in [0.4, 0.5) is 4.79 Å². The van der Waals surface area contributed by atoms with Crippen LogP contribution >= 0.6 is 12.4 Å². The number of nitrogens with one attached hydrogen (secondary N) is 2. The first kappa shape index (κ1) is 30.8. The lowest BCUT2D eigenvalue weighted by Gasteiger charge is -2.40. The summed E-state index contributed by atoms with van der Waals surface area (Å²) < 4.78 is 21.7. The molecule has 2 rings (SSSR count). The lowest BCUT2D eigenvalue weighted by molar-refractivity contribution is 0.0476. The average Bonchev–Trinajstić information content (AvgIpc) is 2.80. The SMILES string of the molecule is COCCCOc1cc(C(=O)N(C(C)C)[C@H]2CNC[C@H](COC(=O)NC(C)C)C2)ccc1OC.Cl. The number of methoxy groups -OCH3 is 2. The third-order valence-electron chi connectivity index (χ3n) is 5.62. The number of hydrogen-bond acceptors (Lipinski definition) is 7. The molecule has 1 aromatic carbocycles. The summed E-state index contributed by atoms with van der Waals surface area (Å²) in [5.41, 5.74) is 0.547. The van der Waals surface area contributed by atoms with Crippen molar-refractivity contribution in [1.82, 2.24) is 15.5 Å². The van der Waals surface area contributed by atoms with Crippen LogP contribution in [0.3, 0.4) is 0 Å². The number of piperidine rings is 1. The monoisotopic (exact) mass is 515 g/mol. The Morgan fingerprint density at radius 3 is 2.49 bits per heavy atom. The first-order valence-corrected chi connectivity index (χ1v) is 12.0. The highest BCUT2D eigenvalue weighted by Crippen LogP contribution is 2.30. The molecule has 0 bridgehead atoms. The van der Waals surface area contributed by atoms with Gasteiger partial charge in [0.25, 0.3) is 5.91 Å². The Balaban J connectivity index is 0.00000612. The summed E-state index contributed by atoms with van der Waals surface area (Å²) >= 11 is 0. The van der Waals surface area contributed by atoms with Crippen molar-refractivity contribution >= 4 is 24.4 Å². The van der Waals surface area contributed by atoms with E-state index >= 15 is 0 Å². The Labute approximate surface area is 215 Å². The average molecular weight is 516 g/mol. The molecule has 1 saturated heterocycles. The lowest BCUT2D eigenvalue weighted by atomic mass is 9.94. The highest BCUT2D eigenvalue weighted by Gasteiger charge is 2.32. The molecule has 10 heteroatoms. The zero-order valence-electron chi connectivity index (χ0n) is 21.8.